The second kappa shape index (κ2) is 5.93. The Kier molecular flexibility index (Phi) is 4.42. The quantitative estimate of drug-likeness (QED) is 0.808. The van der Waals surface area contributed by atoms with Crippen molar-refractivity contribution in [3.05, 3.63) is 29.3 Å². The van der Waals surface area contributed by atoms with Gasteiger partial charge in [0.1, 0.15) is 11.7 Å². The van der Waals surface area contributed by atoms with E-state index in [-0.39, 0.29) is 12.2 Å². The van der Waals surface area contributed by atoms with Gasteiger partial charge in [-0.3, -0.25) is 0 Å². The van der Waals surface area contributed by atoms with Crippen LogP contribution >= 0.6 is 0 Å². The van der Waals surface area contributed by atoms with Crippen LogP contribution in [-0.4, -0.2) is 36.3 Å². The summed E-state index contributed by atoms with van der Waals surface area (Å²) in [4.78, 5) is 13.9. The lowest BCUT2D eigenvalue weighted by atomic mass is 10.0. The van der Waals surface area contributed by atoms with Gasteiger partial charge in [-0.1, -0.05) is 6.07 Å². The van der Waals surface area contributed by atoms with E-state index in [4.69, 9.17) is 15.2 Å². The van der Waals surface area contributed by atoms with Crippen LogP contribution in [0.25, 0.3) is 0 Å². The van der Waals surface area contributed by atoms with Crippen molar-refractivity contribution in [1.82, 2.24) is 4.90 Å². The SMILES string of the molecule is Cc1cc(N)ccc1C1CN(C(=O)OC(C)(C)C)CCO1. The Bertz CT molecular complexity index is 523. The number of morpholine rings is 1. The lowest BCUT2D eigenvalue weighted by Crippen LogP contribution is -2.44. The van der Waals surface area contributed by atoms with Crippen molar-refractivity contribution in [1.29, 1.82) is 0 Å². The largest absolute Gasteiger partial charge is 0.444 e. The lowest BCUT2D eigenvalue weighted by molar-refractivity contribution is -0.0434. The number of hydrogen-bond donors (Lipinski definition) is 1. The zero-order valence-corrected chi connectivity index (χ0v) is 13.2. The fraction of sp³-hybridized carbons (Fsp3) is 0.562. The number of nitrogen functional groups attached to an aromatic ring is 1. The second-order valence-corrected chi connectivity index (χ2v) is 6.40. The molecule has 0 aromatic heterocycles. The van der Waals surface area contributed by atoms with Gasteiger partial charge in [0.15, 0.2) is 0 Å². The molecule has 0 radical (unpaired) electrons. The molecule has 2 rings (SSSR count). The topological polar surface area (TPSA) is 64.8 Å². The van der Waals surface area contributed by atoms with Gasteiger partial charge in [-0.25, -0.2) is 4.79 Å². The average Bonchev–Trinajstić information content (AvgIpc) is 2.37. The molecule has 1 aromatic rings. The number of carbonyl (C=O) groups excluding carboxylic acids is 1. The highest BCUT2D eigenvalue weighted by molar-refractivity contribution is 5.68. The zero-order valence-electron chi connectivity index (χ0n) is 13.2. The summed E-state index contributed by atoms with van der Waals surface area (Å²) in [7, 11) is 0. The molecule has 1 amide bonds. The molecule has 1 aliphatic rings. The number of benzene rings is 1. The number of nitrogens with two attached hydrogens (primary N) is 1. The van der Waals surface area contributed by atoms with E-state index in [2.05, 4.69) is 0 Å². The van der Waals surface area contributed by atoms with E-state index in [1.807, 2.05) is 45.9 Å². The Balaban J connectivity index is 2.08. The maximum atomic E-state index is 12.2. The van der Waals surface area contributed by atoms with Crippen molar-refractivity contribution in [2.45, 2.75) is 39.4 Å². The molecule has 21 heavy (non-hydrogen) atoms. The Hall–Kier alpha value is -1.75. The van der Waals surface area contributed by atoms with Gasteiger partial charge in [0, 0.05) is 12.2 Å². The highest BCUT2D eigenvalue weighted by Gasteiger charge is 2.29. The first-order chi connectivity index (χ1) is 9.76. The van der Waals surface area contributed by atoms with Gasteiger partial charge in [-0.2, -0.15) is 0 Å². The van der Waals surface area contributed by atoms with Crippen LogP contribution in [0.1, 0.15) is 38.0 Å². The van der Waals surface area contributed by atoms with E-state index in [9.17, 15) is 4.79 Å². The van der Waals surface area contributed by atoms with E-state index >= 15 is 0 Å². The van der Waals surface area contributed by atoms with Gasteiger partial charge in [0.25, 0.3) is 0 Å². The Morgan fingerprint density at radius 1 is 1.43 bits per heavy atom. The lowest BCUT2D eigenvalue weighted by Gasteiger charge is -2.34. The number of rotatable bonds is 1. The molecule has 0 bridgehead atoms. The van der Waals surface area contributed by atoms with E-state index in [0.717, 1.165) is 16.8 Å². The van der Waals surface area contributed by atoms with Gasteiger partial charge in [-0.15, -0.1) is 0 Å². The highest BCUT2D eigenvalue weighted by Crippen LogP contribution is 2.27. The van der Waals surface area contributed by atoms with Gasteiger partial charge in [0.2, 0.25) is 0 Å². The minimum absolute atomic E-state index is 0.133. The number of amides is 1. The van der Waals surface area contributed by atoms with E-state index in [1.54, 1.807) is 4.90 Å². The molecule has 0 spiro atoms. The van der Waals surface area contributed by atoms with Crippen molar-refractivity contribution in [2.75, 3.05) is 25.4 Å². The second-order valence-electron chi connectivity index (χ2n) is 6.40. The molecule has 0 aliphatic carbocycles. The van der Waals surface area contributed by atoms with Crippen molar-refractivity contribution in [3.63, 3.8) is 0 Å². The summed E-state index contributed by atoms with van der Waals surface area (Å²) in [6.07, 6.45) is -0.421. The normalized spacial score (nSPS) is 19.4. The van der Waals surface area contributed by atoms with E-state index < -0.39 is 5.60 Å². The number of anilines is 1. The fourth-order valence-corrected chi connectivity index (χ4v) is 2.39. The Labute approximate surface area is 126 Å². The number of nitrogens with zero attached hydrogens (tertiary/aromatic N) is 1. The van der Waals surface area contributed by atoms with Crippen molar-refractivity contribution in [2.24, 2.45) is 0 Å². The van der Waals surface area contributed by atoms with Crippen LogP contribution < -0.4 is 5.73 Å². The van der Waals surface area contributed by atoms with Crippen LogP contribution in [0.3, 0.4) is 0 Å². The smallest absolute Gasteiger partial charge is 0.410 e. The number of carbonyl (C=O) groups is 1. The molecule has 5 nitrogen and oxygen atoms in total. The summed E-state index contributed by atoms with van der Waals surface area (Å²) in [5, 5.41) is 0. The molecule has 116 valence electrons. The number of ether oxygens (including phenoxy) is 2. The third kappa shape index (κ3) is 4.11. The first kappa shape index (κ1) is 15.6. The minimum atomic E-state index is -0.484. The zero-order chi connectivity index (χ0) is 15.6. The summed E-state index contributed by atoms with van der Waals surface area (Å²) in [5.74, 6) is 0. The number of aryl methyl sites for hydroxylation is 1. The Morgan fingerprint density at radius 3 is 2.76 bits per heavy atom. The first-order valence-corrected chi connectivity index (χ1v) is 7.22. The molecule has 1 heterocycles. The van der Waals surface area contributed by atoms with E-state index in [1.165, 1.54) is 0 Å². The van der Waals surface area contributed by atoms with Crippen LogP contribution in [0, 0.1) is 6.92 Å². The molecule has 1 fully saturated rings. The predicted octanol–water partition coefficient (Wildman–Crippen LogP) is 2.89. The minimum Gasteiger partial charge on any atom is -0.444 e. The summed E-state index contributed by atoms with van der Waals surface area (Å²) >= 11 is 0. The van der Waals surface area contributed by atoms with Gasteiger partial charge >= 0.3 is 6.09 Å². The van der Waals surface area contributed by atoms with Crippen LogP contribution in [0.2, 0.25) is 0 Å². The molecule has 0 saturated carbocycles. The van der Waals surface area contributed by atoms with Crippen LogP contribution in [-0.2, 0) is 9.47 Å². The Morgan fingerprint density at radius 2 is 2.14 bits per heavy atom. The summed E-state index contributed by atoms with van der Waals surface area (Å²) < 4.78 is 11.2. The third-order valence-electron chi connectivity index (χ3n) is 3.36. The molecule has 5 heteroatoms. The molecule has 1 unspecified atom stereocenters. The van der Waals surface area contributed by atoms with E-state index in [0.29, 0.717) is 19.7 Å². The van der Waals surface area contributed by atoms with Crippen molar-refractivity contribution < 1.29 is 14.3 Å². The van der Waals surface area contributed by atoms with Crippen LogP contribution in [0.5, 0.6) is 0 Å². The maximum Gasteiger partial charge on any atom is 0.410 e. The maximum absolute atomic E-state index is 12.2. The van der Waals surface area contributed by atoms with Gasteiger partial charge in [-0.05, 0) is 51.0 Å². The summed E-state index contributed by atoms with van der Waals surface area (Å²) in [5.41, 5.74) is 8.17. The standard InChI is InChI=1S/C16H24N2O3/c1-11-9-12(17)5-6-13(11)14-10-18(7-8-20-14)15(19)21-16(2,3)4/h5-6,9,14H,7-8,10,17H2,1-4H3. The van der Waals surface area contributed by atoms with Crippen LogP contribution in [0.15, 0.2) is 18.2 Å². The first-order valence-electron chi connectivity index (χ1n) is 7.22. The molecule has 1 saturated heterocycles. The molecular weight excluding hydrogens is 268 g/mol. The summed E-state index contributed by atoms with van der Waals surface area (Å²) in [6.45, 7) is 9.17. The highest BCUT2D eigenvalue weighted by atomic mass is 16.6. The molecule has 1 aromatic carbocycles. The molecule has 1 aliphatic heterocycles. The monoisotopic (exact) mass is 292 g/mol. The van der Waals surface area contributed by atoms with Crippen LogP contribution in [0.4, 0.5) is 10.5 Å². The van der Waals surface area contributed by atoms with Crippen molar-refractivity contribution in [3.8, 4) is 0 Å². The average molecular weight is 292 g/mol. The molecule has 1 atom stereocenters. The summed E-state index contributed by atoms with van der Waals surface area (Å²) in [6, 6.07) is 5.75. The van der Waals surface area contributed by atoms with Gasteiger partial charge < -0.3 is 20.1 Å². The third-order valence-corrected chi connectivity index (χ3v) is 3.36. The van der Waals surface area contributed by atoms with Gasteiger partial charge in [0.05, 0.1) is 13.2 Å². The van der Waals surface area contributed by atoms with Crippen molar-refractivity contribution >= 4 is 11.8 Å². The number of hydrogen-bond acceptors (Lipinski definition) is 4. The fourth-order valence-electron chi connectivity index (χ4n) is 2.39. The predicted molar refractivity (Wildman–Crippen MR) is 82.1 cm³/mol. The molecular formula is C16H24N2O3. The molecule has 2 N–H and O–H groups in total.